The summed E-state index contributed by atoms with van der Waals surface area (Å²) in [5, 5.41) is 2.78. The van der Waals surface area contributed by atoms with E-state index >= 15 is 0 Å². The molecule has 1 unspecified atom stereocenters. The molecular weight excluding hydrogens is 509 g/mol. The zero-order chi connectivity index (χ0) is 25.8. The van der Waals surface area contributed by atoms with Gasteiger partial charge in [-0.15, -0.1) is 0 Å². The minimum absolute atomic E-state index is 0.00222. The molecule has 2 aliphatic heterocycles. The van der Waals surface area contributed by atoms with Crippen LogP contribution >= 0.6 is 0 Å². The standard InChI is InChI=1S/C24H30FN3O6S2/c25-20-5-9-22(10-6-20)36(32,33)28-16-3-4-19(18-28)24(29)26-13-17-34-21-7-11-23(12-8-21)35(30,31)27-14-1-2-15-27/h5-12,19H,1-4,13-18H2,(H,26,29). The highest BCUT2D eigenvalue weighted by Crippen LogP contribution is 2.25. The number of rotatable bonds is 9. The lowest BCUT2D eigenvalue weighted by Gasteiger charge is -2.31. The molecule has 9 nitrogen and oxygen atoms in total. The first-order chi connectivity index (χ1) is 17.2. The number of nitrogens with one attached hydrogen (secondary N) is 1. The maximum atomic E-state index is 13.2. The minimum Gasteiger partial charge on any atom is -0.492 e. The number of benzene rings is 2. The smallest absolute Gasteiger partial charge is 0.243 e. The van der Waals surface area contributed by atoms with Crippen LogP contribution < -0.4 is 10.1 Å². The Hall–Kier alpha value is -2.54. The summed E-state index contributed by atoms with van der Waals surface area (Å²) in [5.41, 5.74) is 0. The van der Waals surface area contributed by atoms with E-state index in [4.69, 9.17) is 4.74 Å². The van der Waals surface area contributed by atoms with Crippen LogP contribution in [0.15, 0.2) is 58.3 Å². The molecule has 2 aromatic carbocycles. The molecule has 1 N–H and O–H groups in total. The van der Waals surface area contributed by atoms with E-state index in [9.17, 15) is 26.0 Å². The molecule has 2 saturated heterocycles. The fraction of sp³-hybridized carbons (Fsp3) is 0.458. The number of nitrogens with zero attached hydrogens (tertiary/aromatic N) is 2. The van der Waals surface area contributed by atoms with Gasteiger partial charge in [-0.1, -0.05) is 0 Å². The molecule has 2 heterocycles. The van der Waals surface area contributed by atoms with Crippen molar-refractivity contribution in [2.24, 2.45) is 5.92 Å². The molecule has 36 heavy (non-hydrogen) atoms. The molecule has 0 saturated carbocycles. The maximum Gasteiger partial charge on any atom is 0.243 e. The molecule has 196 valence electrons. The average Bonchev–Trinajstić information content (AvgIpc) is 3.43. The number of carbonyl (C=O) groups excluding carboxylic acids is 1. The number of carbonyl (C=O) groups is 1. The molecule has 4 rings (SSSR count). The topological polar surface area (TPSA) is 113 Å². The first-order valence-corrected chi connectivity index (χ1v) is 14.8. The summed E-state index contributed by atoms with van der Waals surface area (Å²) in [5.74, 6) is -0.789. The Kier molecular flexibility index (Phi) is 8.28. The van der Waals surface area contributed by atoms with Gasteiger partial charge in [0.2, 0.25) is 26.0 Å². The Labute approximate surface area is 211 Å². The summed E-state index contributed by atoms with van der Waals surface area (Å²) in [7, 11) is -7.29. The number of piperidine rings is 1. The predicted octanol–water partition coefficient (Wildman–Crippen LogP) is 2.21. The van der Waals surface area contributed by atoms with Crippen molar-refractivity contribution in [1.82, 2.24) is 13.9 Å². The fourth-order valence-electron chi connectivity index (χ4n) is 4.40. The lowest BCUT2D eigenvalue weighted by Crippen LogP contribution is -2.45. The molecule has 1 amide bonds. The van der Waals surface area contributed by atoms with Gasteiger partial charge >= 0.3 is 0 Å². The van der Waals surface area contributed by atoms with Gasteiger partial charge in [-0.05, 0) is 74.2 Å². The van der Waals surface area contributed by atoms with Crippen molar-refractivity contribution in [3.63, 3.8) is 0 Å². The van der Waals surface area contributed by atoms with Crippen molar-refractivity contribution in [2.45, 2.75) is 35.5 Å². The van der Waals surface area contributed by atoms with Gasteiger partial charge in [0.05, 0.1) is 22.3 Å². The molecule has 2 fully saturated rings. The van der Waals surface area contributed by atoms with Gasteiger partial charge in [0.15, 0.2) is 0 Å². The van der Waals surface area contributed by atoms with Crippen LogP contribution in [0.2, 0.25) is 0 Å². The van der Waals surface area contributed by atoms with Crippen molar-refractivity contribution in [3.8, 4) is 5.75 Å². The van der Waals surface area contributed by atoms with Gasteiger partial charge in [-0.3, -0.25) is 4.79 Å². The van der Waals surface area contributed by atoms with Crippen molar-refractivity contribution in [2.75, 3.05) is 39.3 Å². The highest BCUT2D eigenvalue weighted by atomic mass is 32.2. The van der Waals surface area contributed by atoms with E-state index in [0.29, 0.717) is 38.2 Å². The maximum absolute atomic E-state index is 13.2. The van der Waals surface area contributed by atoms with E-state index in [1.165, 1.54) is 32.9 Å². The Balaban J connectivity index is 1.24. The number of ether oxygens (including phenoxy) is 1. The Bertz CT molecular complexity index is 1260. The van der Waals surface area contributed by atoms with Crippen LogP contribution in [0.4, 0.5) is 4.39 Å². The van der Waals surface area contributed by atoms with E-state index in [1.807, 2.05) is 0 Å². The third kappa shape index (κ3) is 6.05. The van der Waals surface area contributed by atoms with Gasteiger partial charge in [0.25, 0.3) is 0 Å². The zero-order valence-electron chi connectivity index (χ0n) is 19.8. The summed E-state index contributed by atoms with van der Waals surface area (Å²) >= 11 is 0. The van der Waals surface area contributed by atoms with Gasteiger partial charge < -0.3 is 10.1 Å². The van der Waals surface area contributed by atoms with E-state index < -0.39 is 31.8 Å². The number of halogens is 1. The molecule has 0 aliphatic carbocycles. The van der Waals surface area contributed by atoms with Crippen LogP contribution in [0.25, 0.3) is 0 Å². The van der Waals surface area contributed by atoms with Crippen LogP contribution in [0.3, 0.4) is 0 Å². The van der Waals surface area contributed by atoms with Gasteiger partial charge in [0, 0.05) is 26.2 Å². The lowest BCUT2D eigenvalue weighted by molar-refractivity contribution is -0.126. The Morgan fingerprint density at radius 3 is 2.06 bits per heavy atom. The lowest BCUT2D eigenvalue weighted by atomic mass is 9.99. The minimum atomic E-state index is -3.81. The van der Waals surface area contributed by atoms with Crippen molar-refractivity contribution >= 4 is 26.0 Å². The van der Waals surface area contributed by atoms with E-state index in [1.54, 1.807) is 12.1 Å². The van der Waals surface area contributed by atoms with Crippen molar-refractivity contribution in [3.05, 3.63) is 54.3 Å². The molecule has 0 aromatic heterocycles. The summed E-state index contributed by atoms with van der Waals surface area (Å²) in [4.78, 5) is 12.9. The van der Waals surface area contributed by atoms with Crippen molar-refractivity contribution < 1.29 is 30.8 Å². The average molecular weight is 540 g/mol. The Morgan fingerprint density at radius 2 is 1.42 bits per heavy atom. The number of hydrogen-bond acceptors (Lipinski definition) is 6. The van der Waals surface area contributed by atoms with Crippen molar-refractivity contribution in [1.29, 1.82) is 0 Å². The van der Waals surface area contributed by atoms with Crippen LogP contribution in [0.1, 0.15) is 25.7 Å². The number of hydrogen-bond donors (Lipinski definition) is 1. The third-order valence-electron chi connectivity index (χ3n) is 6.40. The normalized spacial score (nSPS) is 19.8. The Morgan fingerprint density at radius 1 is 0.861 bits per heavy atom. The number of sulfonamides is 2. The molecule has 1 atom stereocenters. The summed E-state index contributed by atoms with van der Waals surface area (Å²) in [6.07, 6.45) is 2.85. The first kappa shape index (κ1) is 26.5. The van der Waals surface area contributed by atoms with Crippen LogP contribution in [-0.4, -0.2) is 70.7 Å². The molecular formula is C24H30FN3O6S2. The second kappa shape index (κ2) is 11.2. The summed E-state index contributed by atoms with van der Waals surface area (Å²) in [6, 6.07) is 10.8. The monoisotopic (exact) mass is 539 g/mol. The van der Waals surface area contributed by atoms with Crippen LogP contribution in [0.5, 0.6) is 5.75 Å². The molecule has 0 spiro atoms. The van der Waals surface area contributed by atoms with Gasteiger partial charge in [-0.25, -0.2) is 21.2 Å². The quantitative estimate of drug-likeness (QED) is 0.489. The van der Waals surface area contributed by atoms with Crippen LogP contribution in [-0.2, 0) is 24.8 Å². The predicted molar refractivity (Wildman–Crippen MR) is 131 cm³/mol. The van der Waals surface area contributed by atoms with Gasteiger partial charge in [-0.2, -0.15) is 8.61 Å². The van der Waals surface area contributed by atoms with E-state index in [0.717, 1.165) is 25.0 Å². The zero-order valence-corrected chi connectivity index (χ0v) is 21.4. The number of amides is 1. The second-order valence-corrected chi connectivity index (χ2v) is 12.8. The molecule has 0 bridgehead atoms. The first-order valence-electron chi connectivity index (χ1n) is 11.9. The highest BCUT2D eigenvalue weighted by molar-refractivity contribution is 7.89. The molecule has 0 radical (unpaired) electrons. The van der Waals surface area contributed by atoms with Gasteiger partial charge in [0.1, 0.15) is 18.2 Å². The fourth-order valence-corrected chi connectivity index (χ4v) is 7.44. The SMILES string of the molecule is O=C(NCCOc1ccc(S(=O)(=O)N2CCCC2)cc1)C1CCCN(S(=O)(=O)c2ccc(F)cc2)C1. The molecule has 2 aromatic rings. The third-order valence-corrected chi connectivity index (χ3v) is 10.2. The molecule has 12 heteroatoms. The largest absolute Gasteiger partial charge is 0.492 e. The molecule has 2 aliphatic rings. The summed E-state index contributed by atoms with van der Waals surface area (Å²) < 4.78 is 72.4. The van der Waals surface area contributed by atoms with E-state index in [2.05, 4.69) is 5.32 Å². The second-order valence-electron chi connectivity index (χ2n) is 8.88. The van der Waals surface area contributed by atoms with Crippen LogP contribution in [0, 0.1) is 11.7 Å². The highest BCUT2D eigenvalue weighted by Gasteiger charge is 2.33. The summed E-state index contributed by atoms with van der Waals surface area (Å²) in [6.45, 7) is 1.83. The van der Waals surface area contributed by atoms with E-state index in [-0.39, 0.29) is 35.4 Å².